The van der Waals surface area contributed by atoms with Crippen molar-refractivity contribution in [3.05, 3.63) is 53.7 Å². The summed E-state index contributed by atoms with van der Waals surface area (Å²) in [4.78, 5) is 5.39. The highest BCUT2D eigenvalue weighted by Gasteiger charge is 2.37. The summed E-state index contributed by atoms with van der Waals surface area (Å²) < 4.78 is 50.1. The molecule has 0 radical (unpaired) electrons. The van der Waals surface area contributed by atoms with E-state index in [9.17, 15) is 18.3 Å². The summed E-state index contributed by atoms with van der Waals surface area (Å²) in [6.45, 7) is 0.668. The van der Waals surface area contributed by atoms with Crippen molar-refractivity contribution in [2.45, 2.75) is 31.5 Å². The van der Waals surface area contributed by atoms with Crippen molar-refractivity contribution in [3.63, 3.8) is 0 Å². The largest absolute Gasteiger partial charge is 0.489 e. The number of likely N-dealkylation sites (tertiary alicyclic amines) is 1. The highest BCUT2D eigenvalue weighted by Crippen LogP contribution is 2.35. The summed E-state index contributed by atoms with van der Waals surface area (Å²) in [5, 5.41) is 19.3. The zero-order chi connectivity index (χ0) is 20.1. The van der Waals surface area contributed by atoms with Crippen LogP contribution in [-0.2, 0) is 12.8 Å². The Hall–Kier alpha value is -2.36. The van der Waals surface area contributed by atoms with Crippen molar-refractivity contribution < 1.29 is 32.9 Å². The van der Waals surface area contributed by atoms with E-state index in [0.717, 1.165) is 11.6 Å². The molecule has 9 heteroatoms. The zero-order valence-electron chi connectivity index (χ0n) is 15.0. The predicted octanol–water partition coefficient (Wildman–Crippen LogP) is 2.44. The van der Waals surface area contributed by atoms with Crippen molar-refractivity contribution in [3.8, 4) is 11.6 Å². The van der Waals surface area contributed by atoms with E-state index in [2.05, 4.69) is 4.98 Å². The van der Waals surface area contributed by atoms with Crippen LogP contribution in [0.15, 0.2) is 42.6 Å². The monoisotopic (exact) mass is 398 g/mol. The van der Waals surface area contributed by atoms with E-state index in [4.69, 9.17) is 14.6 Å². The molecule has 1 aromatic carbocycles. The lowest BCUT2D eigenvalue weighted by atomic mass is 10.2. The van der Waals surface area contributed by atoms with E-state index in [1.165, 1.54) is 12.3 Å². The molecule has 2 aromatic rings. The van der Waals surface area contributed by atoms with Crippen LogP contribution in [0.3, 0.4) is 0 Å². The first kappa shape index (κ1) is 20.4. The fourth-order valence-corrected chi connectivity index (χ4v) is 2.95. The zero-order valence-corrected chi connectivity index (χ0v) is 15.0. The van der Waals surface area contributed by atoms with Gasteiger partial charge in [-0.05, 0) is 36.2 Å². The van der Waals surface area contributed by atoms with Crippen LogP contribution in [0, 0.1) is 0 Å². The van der Waals surface area contributed by atoms with Crippen molar-refractivity contribution in [2.75, 3.05) is 19.7 Å². The predicted molar refractivity (Wildman–Crippen MR) is 93.7 cm³/mol. The molecular formula is C19H21F3N2O4. The van der Waals surface area contributed by atoms with Gasteiger partial charge in [-0.2, -0.15) is 13.2 Å². The minimum Gasteiger partial charge on any atom is -0.489 e. The van der Waals surface area contributed by atoms with Crippen LogP contribution in [0.4, 0.5) is 13.2 Å². The first-order chi connectivity index (χ1) is 13.4. The number of rotatable bonds is 7. The SMILES string of the molecule is OCc1ccc(OCC(O)N2CCC(Oc3ncccc3C(F)(F)F)C2)cc1. The maximum absolute atomic E-state index is 13.0. The quantitative estimate of drug-likeness (QED) is 0.746. The number of nitrogens with zero attached hydrogens (tertiary/aromatic N) is 2. The second-order valence-corrected chi connectivity index (χ2v) is 6.47. The fraction of sp³-hybridized carbons (Fsp3) is 0.421. The summed E-state index contributed by atoms with van der Waals surface area (Å²) >= 11 is 0. The van der Waals surface area contributed by atoms with Gasteiger partial charge in [0, 0.05) is 19.3 Å². The van der Waals surface area contributed by atoms with Crippen molar-refractivity contribution in [1.82, 2.24) is 9.88 Å². The minimum absolute atomic E-state index is 0.00256. The number of aromatic nitrogens is 1. The molecule has 0 spiro atoms. The number of pyridine rings is 1. The Kier molecular flexibility index (Phi) is 6.38. The average Bonchev–Trinajstić information content (AvgIpc) is 3.14. The molecule has 152 valence electrons. The van der Waals surface area contributed by atoms with Crippen molar-refractivity contribution in [1.29, 1.82) is 0 Å². The lowest BCUT2D eigenvalue weighted by Gasteiger charge is -2.23. The van der Waals surface area contributed by atoms with E-state index in [-0.39, 0.29) is 19.8 Å². The molecule has 1 saturated heterocycles. The molecular weight excluding hydrogens is 377 g/mol. The lowest BCUT2D eigenvalue weighted by Crippen LogP contribution is -2.39. The molecule has 1 fully saturated rings. The number of ether oxygens (including phenoxy) is 2. The van der Waals surface area contributed by atoms with E-state index < -0.39 is 30.0 Å². The van der Waals surface area contributed by atoms with Gasteiger partial charge in [-0.3, -0.25) is 4.90 Å². The molecule has 2 unspecified atom stereocenters. The van der Waals surface area contributed by atoms with Crippen LogP contribution in [0.1, 0.15) is 17.5 Å². The van der Waals surface area contributed by atoms with E-state index in [1.807, 2.05) is 0 Å². The minimum atomic E-state index is -4.54. The molecule has 2 N–H and O–H groups in total. The molecule has 6 nitrogen and oxygen atoms in total. The highest BCUT2D eigenvalue weighted by atomic mass is 19.4. The van der Waals surface area contributed by atoms with Gasteiger partial charge in [-0.25, -0.2) is 4.98 Å². The van der Waals surface area contributed by atoms with Gasteiger partial charge in [0.1, 0.15) is 30.3 Å². The molecule has 1 aliphatic heterocycles. The molecule has 1 aliphatic rings. The number of aliphatic hydroxyl groups is 2. The van der Waals surface area contributed by atoms with Crippen molar-refractivity contribution in [2.24, 2.45) is 0 Å². The summed E-state index contributed by atoms with van der Waals surface area (Å²) in [7, 11) is 0. The Labute approximate surface area is 160 Å². The molecule has 28 heavy (non-hydrogen) atoms. The third kappa shape index (κ3) is 5.12. The van der Waals surface area contributed by atoms with Gasteiger partial charge < -0.3 is 19.7 Å². The normalized spacial score (nSPS) is 18.8. The number of alkyl halides is 3. The van der Waals surface area contributed by atoms with E-state index >= 15 is 0 Å². The maximum Gasteiger partial charge on any atom is 0.421 e. The number of aliphatic hydroxyl groups excluding tert-OH is 2. The number of halogens is 3. The summed E-state index contributed by atoms with van der Waals surface area (Å²) in [6.07, 6.45) is -4.25. The second kappa shape index (κ2) is 8.76. The van der Waals surface area contributed by atoms with Gasteiger partial charge in [0.05, 0.1) is 6.61 Å². The van der Waals surface area contributed by atoms with Crippen LogP contribution < -0.4 is 9.47 Å². The molecule has 0 saturated carbocycles. The van der Waals surface area contributed by atoms with Gasteiger partial charge >= 0.3 is 6.18 Å². The van der Waals surface area contributed by atoms with Gasteiger partial charge in [-0.15, -0.1) is 0 Å². The number of hydrogen-bond donors (Lipinski definition) is 2. The summed E-state index contributed by atoms with van der Waals surface area (Å²) in [6, 6.07) is 8.95. The second-order valence-electron chi connectivity index (χ2n) is 6.47. The molecule has 3 rings (SSSR count). The van der Waals surface area contributed by atoms with Crippen LogP contribution in [0.2, 0.25) is 0 Å². The summed E-state index contributed by atoms with van der Waals surface area (Å²) in [5.74, 6) is 0.100. The summed E-state index contributed by atoms with van der Waals surface area (Å²) in [5.41, 5.74) is -0.163. The topological polar surface area (TPSA) is 75.0 Å². The Morgan fingerprint density at radius 3 is 2.64 bits per heavy atom. The Bertz CT molecular complexity index is 771. The molecule has 2 atom stereocenters. The van der Waals surface area contributed by atoms with Crippen LogP contribution in [0.5, 0.6) is 11.6 Å². The van der Waals surface area contributed by atoms with Crippen molar-refractivity contribution >= 4 is 0 Å². The van der Waals surface area contributed by atoms with Gasteiger partial charge in [0.25, 0.3) is 0 Å². The standard InChI is InChI=1S/C19H21F3N2O4/c20-19(21,22)16-2-1-8-23-18(16)28-15-7-9-24(10-15)17(26)12-27-14-5-3-13(11-25)4-6-14/h1-6,8,15,17,25-26H,7,9-12H2. The van der Waals surface area contributed by atoms with Gasteiger partial charge in [0.2, 0.25) is 5.88 Å². The molecule has 0 amide bonds. The lowest BCUT2D eigenvalue weighted by molar-refractivity contribution is -0.139. The molecule has 0 bridgehead atoms. The van der Waals surface area contributed by atoms with Crippen LogP contribution >= 0.6 is 0 Å². The van der Waals surface area contributed by atoms with E-state index in [1.54, 1.807) is 29.2 Å². The average molecular weight is 398 g/mol. The van der Waals surface area contributed by atoms with Crippen LogP contribution in [0.25, 0.3) is 0 Å². The Morgan fingerprint density at radius 2 is 1.96 bits per heavy atom. The highest BCUT2D eigenvalue weighted by molar-refractivity contribution is 5.29. The first-order valence-corrected chi connectivity index (χ1v) is 8.80. The van der Waals surface area contributed by atoms with Gasteiger partial charge in [-0.1, -0.05) is 12.1 Å². The molecule has 2 heterocycles. The Morgan fingerprint density at radius 1 is 1.21 bits per heavy atom. The first-order valence-electron chi connectivity index (χ1n) is 8.80. The van der Waals surface area contributed by atoms with Gasteiger partial charge in [0.15, 0.2) is 0 Å². The molecule has 0 aliphatic carbocycles. The number of hydrogen-bond acceptors (Lipinski definition) is 6. The Balaban J connectivity index is 1.52. The smallest absolute Gasteiger partial charge is 0.421 e. The maximum atomic E-state index is 13.0. The third-order valence-corrected chi connectivity index (χ3v) is 4.46. The van der Waals surface area contributed by atoms with E-state index in [0.29, 0.717) is 18.7 Å². The number of benzene rings is 1. The molecule has 1 aromatic heterocycles. The third-order valence-electron chi connectivity index (χ3n) is 4.46. The van der Waals surface area contributed by atoms with Crippen LogP contribution in [-0.4, -0.2) is 52.1 Å². The fourth-order valence-electron chi connectivity index (χ4n) is 2.95.